The molecule has 0 unspecified atom stereocenters. The minimum absolute atomic E-state index is 0.216. The highest BCUT2D eigenvalue weighted by atomic mass is 35.5. The van der Waals surface area contributed by atoms with Crippen molar-refractivity contribution in [3.63, 3.8) is 0 Å². The van der Waals surface area contributed by atoms with E-state index in [1.54, 1.807) is 17.8 Å². The number of rotatable bonds is 3. The van der Waals surface area contributed by atoms with E-state index in [1.807, 2.05) is 24.3 Å². The van der Waals surface area contributed by atoms with Gasteiger partial charge in [0.05, 0.1) is 5.54 Å². The largest absolute Gasteiger partial charge is 0.335 e. The molecule has 5 heteroatoms. The summed E-state index contributed by atoms with van der Waals surface area (Å²) in [5.41, 5.74) is 1.74. The molecule has 1 heterocycles. The molecule has 0 atom stereocenters. The lowest BCUT2D eigenvalue weighted by Gasteiger charge is -2.26. The number of aliphatic imine (C=N–C) groups is 1. The number of nitrogens with zero attached hydrogens (tertiary/aromatic N) is 1. The average Bonchev–Trinajstić information content (AvgIpc) is 2.34. The maximum atomic E-state index is 6.20. The highest BCUT2D eigenvalue weighted by Crippen LogP contribution is 2.25. The second kappa shape index (κ2) is 7.12. The van der Waals surface area contributed by atoms with Crippen LogP contribution in [0.25, 0.3) is 6.08 Å². The molecule has 2 nitrogen and oxygen atoms in total. The summed E-state index contributed by atoms with van der Waals surface area (Å²) in [4.78, 5) is 4.70. The molecular formula is C17H20Cl2N2S. The van der Waals surface area contributed by atoms with Crippen molar-refractivity contribution >= 4 is 46.2 Å². The van der Waals surface area contributed by atoms with Gasteiger partial charge in [-0.1, -0.05) is 61.0 Å². The summed E-state index contributed by atoms with van der Waals surface area (Å²) in [6.07, 6.45) is 6.11. The first kappa shape index (κ1) is 17.5. The zero-order valence-corrected chi connectivity index (χ0v) is 15.5. The van der Waals surface area contributed by atoms with Gasteiger partial charge in [0.2, 0.25) is 0 Å². The minimum Gasteiger partial charge on any atom is -0.335 e. The molecule has 22 heavy (non-hydrogen) atoms. The van der Waals surface area contributed by atoms with E-state index in [1.165, 1.54) is 0 Å². The third-order valence-corrected chi connectivity index (χ3v) is 4.35. The third-order valence-electron chi connectivity index (χ3n) is 2.90. The number of hydrogen-bond donors (Lipinski definition) is 1. The zero-order valence-electron chi connectivity index (χ0n) is 13.2. The van der Waals surface area contributed by atoms with Crippen molar-refractivity contribution in [2.24, 2.45) is 4.99 Å². The van der Waals surface area contributed by atoms with Crippen LogP contribution in [0.1, 0.15) is 33.3 Å². The molecule has 1 aromatic rings. The molecule has 118 valence electrons. The second-order valence-corrected chi connectivity index (χ2v) is 8.37. The maximum absolute atomic E-state index is 6.20. The van der Waals surface area contributed by atoms with Gasteiger partial charge in [-0.25, -0.2) is 0 Å². The Kier molecular flexibility index (Phi) is 5.65. The monoisotopic (exact) mass is 354 g/mol. The Balaban J connectivity index is 2.18. The van der Waals surface area contributed by atoms with Crippen LogP contribution in [-0.2, 0) is 0 Å². The van der Waals surface area contributed by atoms with Crippen LogP contribution in [-0.4, -0.2) is 16.0 Å². The van der Waals surface area contributed by atoms with Crippen LogP contribution < -0.4 is 5.32 Å². The molecule has 1 N–H and O–H groups in total. The van der Waals surface area contributed by atoms with Crippen LogP contribution in [0.15, 0.2) is 41.0 Å². The lowest BCUT2D eigenvalue weighted by atomic mass is 10.0. The molecule has 0 fully saturated rings. The first-order valence-corrected chi connectivity index (χ1v) is 8.78. The maximum Gasteiger partial charge on any atom is 0.162 e. The highest BCUT2D eigenvalue weighted by Gasteiger charge is 2.21. The fourth-order valence-corrected chi connectivity index (χ4v) is 3.43. The summed E-state index contributed by atoms with van der Waals surface area (Å²) in [7, 11) is 0. The third kappa shape index (κ3) is 5.08. The van der Waals surface area contributed by atoms with Crippen molar-refractivity contribution in [3.8, 4) is 0 Å². The molecule has 0 aliphatic carbocycles. The molecule has 0 radical (unpaired) electrons. The lowest BCUT2D eigenvalue weighted by molar-refractivity contribution is 0.639. The van der Waals surface area contributed by atoms with E-state index in [0.717, 1.165) is 16.4 Å². The summed E-state index contributed by atoms with van der Waals surface area (Å²) in [5.74, 6) is 0. The molecule has 0 saturated carbocycles. The van der Waals surface area contributed by atoms with Crippen LogP contribution in [0.2, 0.25) is 10.0 Å². The quantitative estimate of drug-likeness (QED) is 0.744. The Bertz CT molecular complexity index is 646. The van der Waals surface area contributed by atoms with Crippen LogP contribution >= 0.6 is 35.0 Å². The number of hydrogen-bond acceptors (Lipinski definition) is 3. The van der Waals surface area contributed by atoms with Gasteiger partial charge in [-0.2, -0.15) is 0 Å². The average molecular weight is 355 g/mol. The molecule has 0 bridgehead atoms. The van der Waals surface area contributed by atoms with Crippen molar-refractivity contribution < 1.29 is 0 Å². The highest BCUT2D eigenvalue weighted by molar-refractivity contribution is 8.14. The number of amidine groups is 1. The van der Waals surface area contributed by atoms with Crippen molar-refractivity contribution in [1.29, 1.82) is 0 Å². The first-order chi connectivity index (χ1) is 10.2. The van der Waals surface area contributed by atoms with E-state index in [9.17, 15) is 0 Å². The molecule has 0 amide bonds. The van der Waals surface area contributed by atoms with Crippen molar-refractivity contribution in [1.82, 2.24) is 5.32 Å². The number of thioether (sulfide) groups is 1. The number of halogens is 2. The Hall–Kier alpha value is -0.900. The number of allylic oxidation sites excluding steroid dienone is 1. The van der Waals surface area contributed by atoms with Gasteiger partial charge in [-0.05, 0) is 43.7 Å². The molecular weight excluding hydrogens is 335 g/mol. The summed E-state index contributed by atoms with van der Waals surface area (Å²) < 4.78 is 0. The van der Waals surface area contributed by atoms with E-state index in [2.05, 4.69) is 39.1 Å². The predicted molar refractivity (Wildman–Crippen MR) is 101 cm³/mol. The van der Waals surface area contributed by atoms with Crippen LogP contribution in [0.4, 0.5) is 0 Å². The van der Waals surface area contributed by atoms with Crippen molar-refractivity contribution in [2.75, 3.05) is 0 Å². The molecule has 1 aliphatic heterocycles. The molecule has 1 aliphatic rings. The van der Waals surface area contributed by atoms with Gasteiger partial charge in [-0.15, -0.1) is 0 Å². The Morgan fingerprint density at radius 3 is 2.59 bits per heavy atom. The van der Waals surface area contributed by atoms with Gasteiger partial charge in [0.1, 0.15) is 0 Å². The van der Waals surface area contributed by atoms with E-state index in [4.69, 9.17) is 28.2 Å². The van der Waals surface area contributed by atoms with Crippen LogP contribution in [0, 0.1) is 0 Å². The van der Waals surface area contributed by atoms with E-state index < -0.39 is 0 Å². The zero-order chi connectivity index (χ0) is 16.3. The summed E-state index contributed by atoms with van der Waals surface area (Å²) >= 11 is 13.8. The van der Waals surface area contributed by atoms with Gasteiger partial charge in [-0.3, -0.25) is 4.99 Å². The Morgan fingerprint density at radius 1 is 1.23 bits per heavy atom. The Morgan fingerprint density at radius 2 is 1.95 bits per heavy atom. The summed E-state index contributed by atoms with van der Waals surface area (Å²) in [5, 5.41) is 6.07. The normalized spacial score (nSPS) is 17.4. The smallest absolute Gasteiger partial charge is 0.162 e. The van der Waals surface area contributed by atoms with Crippen LogP contribution in [0.3, 0.4) is 0 Å². The second-order valence-electron chi connectivity index (χ2n) is 5.96. The molecule has 1 aromatic carbocycles. The Labute approximate surface area is 146 Å². The van der Waals surface area contributed by atoms with Crippen LogP contribution in [0.5, 0.6) is 0 Å². The van der Waals surface area contributed by atoms with Crippen molar-refractivity contribution in [2.45, 2.75) is 38.5 Å². The summed E-state index contributed by atoms with van der Waals surface area (Å²) in [6.45, 7) is 8.50. The molecule has 0 aromatic heterocycles. The predicted octanol–water partition coefficient (Wildman–Crippen LogP) is 5.77. The van der Waals surface area contributed by atoms with Gasteiger partial charge in [0.15, 0.2) is 5.17 Å². The molecule has 2 rings (SSSR count). The SMILES string of the molecule is CC(C)SC1=NC(C)(C)C=C(/C=C/c2ccc(Cl)cc2Cl)N1. The van der Waals surface area contributed by atoms with E-state index in [0.29, 0.717) is 15.3 Å². The standard InChI is InChI=1S/C17H20Cl2N2S/c1-11(2)22-16-20-14(10-17(3,4)21-16)8-6-12-5-7-13(18)9-15(12)19/h5-11H,1-4H3,(H,20,21)/b8-6+. The molecule has 0 saturated heterocycles. The van der Waals surface area contributed by atoms with Crippen molar-refractivity contribution in [3.05, 3.63) is 51.7 Å². The fourth-order valence-electron chi connectivity index (χ4n) is 2.05. The van der Waals surface area contributed by atoms with Gasteiger partial charge in [0, 0.05) is 21.0 Å². The minimum atomic E-state index is -0.216. The molecule has 0 spiro atoms. The lowest BCUT2D eigenvalue weighted by Crippen LogP contribution is -2.32. The van der Waals surface area contributed by atoms with E-state index in [-0.39, 0.29) is 5.54 Å². The topological polar surface area (TPSA) is 24.4 Å². The fraction of sp³-hybridized carbons (Fsp3) is 0.353. The summed E-state index contributed by atoms with van der Waals surface area (Å²) in [6, 6.07) is 5.49. The van der Waals surface area contributed by atoms with Gasteiger partial charge in [0.25, 0.3) is 0 Å². The first-order valence-electron chi connectivity index (χ1n) is 7.15. The number of benzene rings is 1. The number of nitrogens with one attached hydrogen (secondary N) is 1. The van der Waals surface area contributed by atoms with Gasteiger partial charge >= 0.3 is 0 Å². The van der Waals surface area contributed by atoms with Gasteiger partial charge < -0.3 is 5.32 Å². The van der Waals surface area contributed by atoms with E-state index >= 15 is 0 Å².